The molecule has 0 spiro atoms. The predicted molar refractivity (Wildman–Crippen MR) is 167 cm³/mol. The molecule has 1 saturated heterocycles. The van der Waals surface area contributed by atoms with Gasteiger partial charge in [-0.05, 0) is 86.7 Å². The molecule has 3 amide bonds. The van der Waals surface area contributed by atoms with Gasteiger partial charge < -0.3 is 9.64 Å². The SMILES string of the molecule is Cc1cc(F)ccc1-c1cc(C2CC(=O)N(C(=O)OCC(C)C)C2C)ncc1N(C)C(=O)C(C)(C)c1cc(C(F)(F)F)cc(C(F)(F)F)c1. The molecule has 1 aliphatic heterocycles. The second-order valence-corrected chi connectivity index (χ2v) is 13.2. The molecule has 0 bridgehead atoms. The molecule has 14 heteroatoms. The summed E-state index contributed by atoms with van der Waals surface area (Å²) in [7, 11) is 1.30. The number of amides is 3. The van der Waals surface area contributed by atoms with Crippen LogP contribution in [0.15, 0.2) is 48.7 Å². The lowest BCUT2D eigenvalue weighted by atomic mass is 9.81. The van der Waals surface area contributed by atoms with E-state index in [9.17, 15) is 45.1 Å². The number of rotatable bonds is 7. The number of hydrogen-bond acceptors (Lipinski definition) is 5. The van der Waals surface area contributed by atoms with E-state index in [-0.39, 0.29) is 30.7 Å². The summed E-state index contributed by atoms with van der Waals surface area (Å²) >= 11 is 0. The highest BCUT2D eigenvalue weighted by molar-refractivity contribution is 6.03. The molecule has 2 unspecified atom stereocenters. The summed E-state index contributed by atoms with van der Waals surface area (Å²) in [4.78, 5) is 46.3. The Morgan fingerprint density at radius 3 is 2.06 bits per heavy atom. The summed E-state index contributed by atoms with van der Waals surface area (Å²) in [5, 5.41) is 0. The van der Waals surface area contributed by atoms with Crippen LogP contribution in [-0.4, -0.2) is 47.5 Å². The smallest absolute Gasteiger partial charge is 0.416 e. The fraction of sp³-hybridized carbons (Fsp3) is 0.429. The highest BCUT2D eigenvalue weighted by Gasteiger charge is 2.44. The van der Waals surface area contributed by atoms with Gasteiger partial charge in [0.1, 0.15) is 5.82 Å². The molecule has 0 radical (unpaired) electrons. The molecule has 0 N–H and O–H groups in total. The number of carbonyl (C=O) groups is 3. The molecular formula is C35H36F7N3O4. The maximum atomic E-state index is 14.2. The number of likely N-dealkylation sites (tertiary alicyclic amines) is 1. The molecule has 2 atom stereocenters. The first-order valence-electron chi connectivity index (χ1n) is 15.4. The van der Waals surface area contributed by atoms with Crippen LogP contribution < -0.4 is 4.90 Å². The normalized spacial score (nSPS) is 17.1. The van der Waals surface area contributed by atoms with Gasteiger partial charge in [-0.3, -0.25) is 14.6 Å². The minimum absolute atomic E-state index is 0.00820. The molecule has 49 heavy (non-hydrogen) atoms. The molecule has 2 aromatic carbocycles. The third-order valence-corrected chi connectivity index (χ3v) is 8.66. The van der Waals surface area contributed by atoms with Gasteiger partial charge in [-0.15, -0.1) is 0 Å². The van der Waals surface area contributed by atoms with Gasteiger partial charge in [0.25, 0.3) is 0 Å². The van der Waals surface area contributed by atoms with Crippen LogP contribution in [-0.2, 0) is 32.1 Å². The first-order valence-corrected chi connectivity index (χ1v) is 15.4. The first kappa shape index (κ1) is 37.3. The Hall–Kier alpha value is -4.49. The van der Waals surface area contributed by atoms with Crippen LogP contribution >= 0.6 is 0 Å². The number of nitrogens with zero attached hydrogens (tertiary/aromatic N) is 3. The van der Waals surface area contributed by atoms with Gasteiger partial charge in [-0.1, -0.05) is 19.9 Å². The van der Waals surface area contributed by atoms with Crippen molar-refractivity contribution in [3.05, 3.63) is 82.4 Å². The number of aromatic nitrogens is 1. The van der Waals surface area contributed by atoms with Gasteiger partial charge in [0.15, 0.2) is 0 Å². The van der Waals surface area contributed by atoms with Crippen LogP contribution in [0, 0.1) is 18.7 Å². The van der Waals surface area contributed by atoms with E-state index in [1.165, 1.54) is 45.3 Å². The molecule has 264 valence electrons. The van der Waals surface area contributed by atoms with E-state index in [0.29, 0.717) is 34.5 Å². The van der Waals surface area contributed by atoms with Gasteiger partial charge in [-0.2, -0.15) is 26.3 Å². The minimum atomic E-state index is -5.12. The summed E-state index contributed by atoms with van der Waals surface area (Å²) in [5.74, 6) is -2.45. The number of halogens is 7. The van der Waals surface area contributed by atoms with Crippen LogP contribution in [0.3, 0.4) is 0 Å². The fourth-order valence-corrected chi connectivity index (χ4v) is 5.84. The van der Waals surface area contributed by atoms with Crippen molar-refractivity contribution in [1.29, 1.82) is 0 Å². The molecule has 1 aromatic heterocycles. The number of ether oxygens (including phenoxy) is 1. The van der Waals surface area contributed by atoms with Crippen LogP contribution in [0.1, 0.15) is 74.9 Å². The number of alkyl halides is 6. The first-order chi connectivity index (χ1) is 22.5. The Morgan fingerprint density at radius 1 is 0.959 bits per heavy atom. The van der Waals surface area contributed by atoms with Crippen LogP contribution in [0.25, 0.3) is 11.1 Å². The minimum Gasteiger partial charge on any atom is -0.449 e. The second kappa shape index (κ2) is 13.4. The molecular weight excluding hydrogens is 659 g/mol. The van der Waals surface area contributed by atoms with Crippen molar-refractivity contribution in [2.24, 2.45) is 5.92 Å². The molecule has 3 aromatic rings. The average Bonchev–Trinajstić information content (AvgIpc) is 3.31. The highest BCUT2D eigenvalue weighted by atomic mass is 19.4. The Bertz CT molecular complexity index is 1740. The largest absolute Gasteiger partial charge is 0.449 e. The third-order valence-electron chi connectivity index (χ3n) is 8.66. The number of aryl methyl sites for hydroxylation is 1. The molecule has 0 saturated carbocycles. The Kier molecular flexibility index (Phi) is 10.2. The monoisotopic (exact) mass is 695 g/mol. The van der Waals surface area contributed by atoms with E-state index in [1.807, 2.05) is 13.8 Å². The van der Waals surface area contributed by atoms with E-state index in [0.717, 1.165) is 9.80 Å². The molecule has 2 heterocycles. The fourth-order valence-electron chi connectivity index (χ4n) is 5.84. The third kappa shape index (κ3) is 7.73. The van der Waals surface area contributed by atoms with Crippen molar-refractivity contribution in [2.45, 2.75) is 77.7 Å². The molecule has 7 nitrogen and oxygen atoms in total. The lowest BCUT2D eigenvalue weighted by molar-refractivity contribution is -0.143. The number of pyridine rings is 1. The Labute approximate surface area is 279 Å². The zero-order valence-electron chi connectivity index (χ0n) is 27.9. The lowest BCUT2D eigenvalue weighted by Gasteiger charge is -2.32. The number of carbonyl (C=O) groups excluding carboxylic acids is 3. The van der Waals surface area contributed by atoms with Gasteiger partial charge in [-0.25, -0.2) is 14.1 Å². The molecule has 1 fully saturated rings. The van der Waals surface area contributed by atoms with Crippen LogP contribution in [0.4, 0.5) is 41.2 Å². The van der Waals surface area contributed by atoms with Crippen molar-refractivity contribution in [2.75, 3.05) is 18.6 Å². The number of benzene rings is 2. The van der Waals surface area contributed by atoms with Crippen molar-refractivity contribution in [1.82, 2.24) is 9.88 Å². The van der Waals surface area contributed by atoms with E-state index < -0.39 is 70.1 Å². The van der Waals surface area contributed by atoms with E-state index in [2.05, 4.69) is 4.98 Å². The average molecular weight is 696 g/mol. The van der Waals surface area contributed by atoms with Crippen molar-refractivity contribution >= 4 is 23.6 Å². The summed E-state index contributed by atoms with van der Waals surface area (Å²) < 4.78 is 101. The van der Waals surface area contributed by atoms with E-state index in [1.54, 1.807) is 19.9 Å². The highest BCUT2D eigenvalue weighted by Crippen LogP contribution is 2.42. The topological polar surface area (TPSA) is 79.8 Å². The van der Waals surface area contributed by atoms with Gasteiger partial charge >= 0.3 is 18.4 Å². The van der Waals surface area contributed by atoms with E-state index in [4.69, 9.17) is 4.74 Å². The molecule has 4 rings (SSSR count). The maximum Gasteiger partial charge on any atom is 0.416 e. The summed E-state index contributed by atoms with van der Waals surface area (Å²) in [6.45, 7) is 9.50. The van der Waals surface area contributed by atoms with Gasteiger partial charge in [0, 0.05) is 36.7 Å². The number of hydrogen-bond donors (Lipinski definition) is 0. The van der Waals surface area contributed by atoms with E-state index >= 15 is 0 Å². The number of anilines is 1. The van der Waals surface area contributed by atoms with Crippen molar-refractivity contribution < 1.29 is 49.9 Å². The predicted octanol–water partition coefficient (Wildman–Crippen LogP) is 8.67. The molecule has 1 aliphatic rings. The summed E-state index contributed by atoms with van der Waals surface area (Å²) in [5.41, 5.74) is -3.85. The summed E-state index contributed by atoms with van der Waals surface area (Å²) in [6.07, 6.45) is -9.83. The van der Waals surface area contributed by atoms with Crippen molar-refractivity contribution in [3.63, 3.8) is 0 Å². The summed E-state index contributed by atoms with van der Waals surface area (Å²) in [6, 6.07) is 5.83. The molecule has 0 aliphatic carbocycles. The quantitative estimate of drug-likeness (QED) is 0.231. The van der Waals surface area contributed by atoms with Crippen LogP contribution in [0.5, 0.6) is 0 Å². The van der Waals surface area contributed by atoms with Crippen molar-refractivity contribution in [3.8, 4) is 11.1 Å². The van der Waals surface area contributed by atoms with Gasteiger partial charge in [0.05, 0.1) is 35.0 Å². The van der Waals surface area contributed by atoms with Gasteiger partial charge in [0.2, 0.25) is 11.8 Å². The Morgan fingerprint density at radius 2 is 1.53 bits per heavy atom. The second-order valence-electron chi connectivity index (χ2n) is 13.2. The lowest BCUT2D eigenvalue weighted by Crippen LogP contribution is -2.42. The maximum absolute atomic E-state index is 14.2. The Balaban J connectivity index is 1.80. The standard InChI is InChI=1S/C35H36F7N3O4/c1-18(2)17-49-32(48)45-20(4)26(15-30(45)46)28-14-27(25-9-8-24(36)10-19(25)3)29(16-43-28)44(7)31(47)33(5,6)21-11-22(34(37,38)39)13-23(12-21)35(40,41)42/h8-14,16,18,20,26H,15,17H2,1-7H3. The zero-order valence-corrected chi connectivity index (χ0v) is 27.9. The zero-order chi connectivity index (χ0) is 36.8. The number of imide groups is 1. The van der Waals surface area contributed by atoms with Crippen LogP contribution in [0.2, 0.25) is 0 Å². The number of likely N-dealkylation sites (N-methyl/N-ethyl adjacent to an activating group) is 1.